The summed E-state index contributed by atoms with van der Waals surface area (Å²) in [5, 5.41) is 10.5. The third kappa shape index (κ3) is 2.72. The summed E-state index contributed by atoms with van der Waals surface area (Å²) in [7, 11) is 0. The zero-order valence-corrected chi connectivity index (χ0v) is 11.4. The Kier molecular flexibility index (Phi) is 3.71. The Bertz CT molecular complexity index is 418. The molecule has 1 atom stereocenters. The highest BCUT2D eigenvalue weighted by atomic mass is 16.2. The van der Waals surface area contributed by atoms with E-state index in [2.05, 4.69) is 29.6 Å². The molecule has 1 saturated heterocycles. The minimum atomic E-state index is -0.307. The molecular weight excluding hydrogens is 228 g/mol. The predicted octanol–water partition coefficient (Wildman–Crippen LogP) is 1.79. The van der Waals surface area contributed by atoms with Crippen LogP contribution in [0.5, 0.6) is 0 Å². The fraction of sp³-hybridized carbons (Fsp3) is 0.692. The lowest BCUT2D eigenvalue weighted by atomic mass is 9.82. The molecule has 0 spiro atoms. The lowest BCUT2D eigenvalue weighted by Gasteiger charge is -2.32. The van der Waals surface area contributed by atoms with Crippen LogP contribution in [0, 0.1) is 5.41 Å². The number of nitrogens with zero attached hydrogens (tertiary/aromatic N) is 2. The fourth-order valence-electron chi connectivity index (χ4n) is 2.22. The maximum atomic E-state index is 12.3. The Hall–Kier alpha value is -1.36. The van der Waals surface area contributed by atoms with Gasteiger partial charge in [0, 0.05) is 18.8 Å². The Morgan fingerprint density at radius 1 is 1.61 bits per heavy atom. The highest BCUT2D eigenvalue weighted by Gasteiger charge is 2.34. The lowest BCUT2D eigenvalue weighted by molar-refractivity contribution is -0.125. The predicted molar refractivity (Wildman–Crippen MR) is 71.5 cm³/mol. The van der Waals surface area contributed by atoms with Crippen molar-refractivity contribution >= 4 is 11.6 Å². The molecule has 0 bridgehead atoms. The van der Waals surface area contributed by atoms with Gasteiger partial charge in [0.1, 0.15) is 0 Å². The molecule has 1 aliphatic heterocycles. The lowest BCUT2D eigenvalue weighted by Crippen LogP contribution is -2.45. The van der Waals surface area contributed by atoms with Crippen LogP contribution in [0.25, 0.3) is 0 Å². The third-order valence-electron chi connectivity index (χ3n) is 3.53. The van der Waals surface area contributed by atoms with E-state index < -0.39 is 0 Å². The molecule has 5 heteroatoms. The zero-order valence-electron chi connectivity index (χ0n) is 11.4. The van der Waals surface area contributed by atoms with Gasteiger partial charge in [-0.25, -0.2) is 0 Å². The molecule has 1 aliphatic rings. The molecule has 0 aromatic carbocycles. The number of anilines is 1. The van der Waals surface area contributed by atoms with Crippen molar-refractivity contribution in [2.45, 2.75) is 39.7 Å². The van der Waals surface area contributed by atoms with Crippen LogP contribution in [0.1, 0.15) is 39.7 Å². The molecule has 5 nitrogen and oxygen atoms in total. The minimum absolute atomic E-state index is 0.0815. The first kappa shape index (κ1) is 13.1. The molecule has 100 valence electrons. The molecule has 2 rings (SSSR count). The van der Waals surface area contributed by atoms with E-state index in [0.717, 1.165) is 31.6 Å². The van der Waals surface area contributed by atoms with Gasteiger partial charge in [-0.15, -0.1) is 0 Å². The van der Waals surface area contributed by atoms with Crippen molar-refractivity contribution in [1.82, 2.24) is 15.1 Å². The average Bonchev–Trinajstić information content (AvgIpc) is 2.78. The number of aromatic nitrogens is 2. The van der Waals surface area contributed by atoms with E-state index >= 15 is 0 Å². The van der Waals surface area contributed by atoms with Crippen molar-refractivity contribution in [3.8, 4) is 0 Å². The molecule has 1 unspecified atom stereocenters. The Morgan fingerprint density at radius 3 is 2.94 bits per heavy atom. The van der Waals surface area contributed by atoms with Gasteiger partial charge in [0.25, 0.3) is 0 Å². The third-order valence-corrected chi connectivity index (χ3v) is 3.53. The van der Waals surface area contributed by atoms with Crippen LogP contribution in [0.15, 0.2) is 12.4 Å². The van der Waals surface area contributed by atoms with E-state index in [1.165, 1.54) is 0 Å². The van der Waals surface area contributed by atoms with Crippen LogP contribution in [-0.2, 0) is 4.79 Å². The fourth-order valence-corrected chi connectivity index (χ4v) is 2.22. The van der Waals surface area contributed by atoms with Crippen LogP contribution in [0.2, 0.25) is 0 Å². The average molecular weight is 250 g/mol. The standard InChI is InChI=1S/C13H22N4O/c1-10(2)17-8-11(7-15-17)16-12(18)13(3)5-4-6-14-9-13/h7-8,10,14H,4-6,9H2,1-3H3,(H,16,18). The summed E-state index contributed by atoms with van der Waals surface area (Å²) in [6.07, 6.45) is 5.57. The van der Waals surface area contributed by atoms with E-state index in [-0.39, 0.29) is 11.3 Å². The van der Waals surface area contributed by atoms with Crippen LogP contribution in [-0.4, -0.2) is 28.8 Å². The van der Waals surface area contributed by atoms with Gasteiger partial charge < -0.3 is 10.6 Å². The van der Waals surface area contributed by atoms with Crippen LogP contribution >= 0.6 is 0 Å². The largest absolute Gasteiger partial charge is 0.323 e. The van der Waals surface area contributed by atoms with Crippen molar-refractivity contribution in [2.75, 3.05) is 18.4 Å². The monoisotopic (exact) mass is 250 g/mol. The first-order valence-corrected chi connectivity index (χ1v) is 6.57. The number of carbonyl (C=O) groups excluding carboxylic acids is 1. The second-order valence-corrected chi connectivity index (χ2v) is 5.60. The van der Waals surface area contributed by atoms with E-state index in [0.29, 0.717) is 6.04 Å². The van der Waals surface area contributed by atoms with E-state index in [1.807, 2.05) is 17.8 Å². The molecule has 0 saturated carbocycles. The Labute approximate surface area is 108 Å². The Balaban J connectivity index is 2.01. The molecule has 1 amide bonds. The summed E-state index contributed by atoms with van der Waals surface area (Å²) in [6.45, 7) is 7.89. The zero-order chi connectivity index (χ0) is 13.2. The van der Waals surface area contributed by atoms with Crippen molar-refractivity contribution < 1.29 is 4.79 Å². The molecule has 2 N–H and O–H groups in total. The number of piperidine rings is 1. The van der Waals surface area contributed by atoms with Gasteiger partial charge in [-0.1, -0.05) is 0 Å². The van der Waals surface area contributed by atoms with Gasteiger partial charge in [-0.05, 0) is 40.2 Å². The number of hydrogen-bond acceptors (Lipinski definition) is 3. The number of hydrogen-bond donors (Lipinski definition) is 2. The molecule has 18 heavy (non-hydrogen) atoms. The molecule has 0 aliphatic carbocycles. The highest BCUT2D eigenvalue weighted by molar-refractivity contribution is 5.95. The second-order valence-electron chi connectivity index (χ2n) is 5.60. The molecule has 1 aromatic rings. The first-order chi connectivity index (χ1) is 8.51. The van der Waals surface area contributed by atoms with Crippen molar-refractivity contribution in [2.24, 2.45) is 5.41 Å². The summed E-state index contributed by atoms with van der Waals surface area (Å²) in [6, 6.07) is 0.308. The van der Waals surface area contributed by atoms with Crippen molar-refractivity contribution in [3.05, 3.63) is 12.4 Å². The smallest absolute Gasteiger partial charge is 0.231 e. The van der Waals surface area contributed by atoms with Crippen LogP contribution in [0.3, 0.4) is 0 Å². The van der Waals surface area contributed by atoms with Gasteiger partial charge in [-0.3, -0.25) is 9.48 Å². The molecular formula is C13H22N4O. The SMILES string of the molecule is CC(C)n1cc(NC(=O)C2(C)CCCNC2)cn1. The molecule has 1 aromatic heterocycles. The van der Waals surface area contributed by atoms with Crippen LogP contribution < -0.4 is 10.6 Å². The van der Waals surface area contributed by atoms with Gasteiger partial charge >= 0.3 is 0 Å². The normalized spacial score (nSPS) is 24.2. The molecule has 0 radical (unpaired) electrons. The van der Waals surface area contributed by atoms with Crippen LogP contribution in [0.4, 0.5) is 5.69 Å². The minimum Gasteiger partial charge on any atom is -0.323 e. The number of carbonyl (C=O) groups is 1. The molecule has 1 fully saturated rings. The number of nitrogens with one attached hydrogen (secondary N) is 2. The van der Waals surface area contributed by atoms with E-state index in [4.69, 9.17) is 0 Å². The van der Waals surface area contributed by atoms with Gasteiger partial charge in [0.05, 0.1) is 17.3 Å². The Morgan fingerprint density at radius 2 is 2.39 bits per heavy atom. The maximum Gasteiger partial charge on any atom is 0.231 e. The van der Waals surface area contributed by atoms with Gasteiger partial charge in [0.15, 0.2) is 0 Å². The number of amides is 1. The quantitative estimate of drug-likeness (QED) is 0.860. The first-order valence-electron chi connectivity index (χ1n) is 6.57. The summed E-state index contributed by atoms with van der Waals surface area (Å²) in [5.74, 6) is 0.0815. The van der Waals surface area contributed by atoms with E-state index in [1.54, 1.807) is 6.20 Å². The summed E-state index contributed by atoms with van der Waals surface area (Å²) < 4.78 is 1.84. The number of rotatable bonds is 3. The van der Waals surface area contributed by atoms with Gasteiger partial charge in [0.2, 0.25) is 5.91 Å². The van der Waals surface area contributed by atoms with E-state index in [9.17, 15) is 4.79 Å². The highest BCUT2D eigenvalue weighted by Crippen LogP contribution is 2.27. The summed E-state index contributed by atoms with van der Waals surface area (Å²) in [5.41, 5.74) is 0.471. The van der Waals surface area contributed by atoms with Gasteiger partial charge in [-0.2, -0.15) is 5.10 Å². The molecule has 2 heterocycles. The van der Waals surface area contributed by atoms with Crippen molar-refractivity contribution in [3.63, 3.8) is 0 Å². The maximum absolute atomic E-state index is 12.3. The second kappa shape index (κ2) is 5.10. The summed E-state index contributed by atoms with van der Waals surface area (Å²) >= 11 is 0. The topological polar surface area (TPSA) is 59.0 Å². The summed E-state index contributed by atoms with van der Waals surface area (Å²) in [4.78, 5) is 12.3. The van der Waals surface area contributed by atoms with Crippen molar-refractivity contribution in [1.29, 1.82) is 0 Å².